The largest absolute Gasteiger partial charge is 0.481 e. The standard InChI is InChI=1S/C26H47NO6S/c1-27-18-17-22(26(32)33-19-13-9-5-4-8-12-16-25(30)31)23(21-27)34-20-14-10-6-2-3-7-11-15-24(28)29/h22-23H,2-21H2,1H3,(H,28,29)(H,30,31). The number of piperidine rings is 1. The Morgan fingerprint density at radius 1 is 0.794 bits per heavy atom. The van der Waals surface area contributed by atoms with E-state index >= 15 is 0 Å². The van der Waals surface area contributed by atoms with Crippen LogP contribution in [0.5, 0.6) is 0 Å². The van der Waals surface area contributed by atoms with Gasteiger partial charge in [-0.3, -0.25) is 14.4 Å². The van der Waals surface area contributed by atoms with Crippen LogP contribution in [0.15, 0.2) is 0 Å². The minimum absolute atomic E-state index is 0.00791. The first kappa shape index (κ1) is 30.8. The third-order valence-corrected chi connectivity index (χ3v) is 7.89. The number of aliphatic carboxylic acids is 2. The predicted molar refractivity (Wildman–Crippen MR) is 137 cm³/mol. The summed E-state index contributed by atoms with van der Waals surface area (Å²) >= 11 is 1.92. The summed E-state index contributed by atoms with van der Waals surface area (Å²) in [5, 5.41) is 17.6. The number of unbranched alkanes of at least 4 members (excludes halogenated alkanes) is 11. The van der Waals surface area contributed by atoms with Gasteiger partial charge in [-0.25, -0.2) is 0 Å². The molecule has 0 bridgehead atoms. The molecule has 8 heteroatoms. The van der Waals surface area contributed by atoms with Crippen molar-refractivity contribution in [3.05, 3.63) is 0 Å². The van der Waals surface area contributed by atoms with E-state index in [1.165, 1.54) is 19.3 Å². The normalized spacial score (nSPS) is 18.6. The molecule has 1 rings (SSSR count). The third-order valence-electron chi connectivity index (χ3n) is 6.46. The van der Waals surface area contributed by atoms with Crippen LogP contribution < -0.4 is 0 Å². The van der Waals surface area contributed by atoms with Crippen LogP contribution in [0.4, 0.5) is 0 Å². The molecule has 0 aliphatic carbocycles. The van der Waals surface area contributed by atoms with E-state index in [2.05, 4.69) is 11.9 Å². The second kappa shape index (κ2) is 20.0. The SMILES string of the molecule is CN1CCC(C(=O)OCCCCCCCCC(=O)O)C(SCCCCCCCCCC(=O)O)C1. The molecule has 0 spiro atoms. The van der Waals surface area contributed by atoms with Crippen molar-refractivity contribution in [1.82, 2.24) is 4.90 Å². The highest BCUT2D eigenvalue weighted by Gasteiger charge is 2.34. The highest BCUT2D eigenvalue weighted by atomic mass is 32.2. The number of thioether (sulfide) groups is 1. The van der Waals surface area contributed by atoms with E-state index < -0.39 is 11.9 Å². The van der Waals surface area contributed by atoms with Crippen LogP contribution in [0.1, 0.15) is 103 Å². The zero-order valence-electron chi connectivity index (χ0n) is 21.2. The second-order valence-corrected chi connectivity index (χ2v) is 11.0. The first-order valence-electron chi connectivity index (χ1n) is 13.3. The molecule has 2 atom stereocenters. The Balaban J connectivity index is 2.11. The van der Waals surface area contributed by atoms with Crippen molar-refractivity contribution >= 4 is 29.7 Å². The average molecular weight is 502 g/mol. The molecule has 1 aliphatic rings. The van der Waals surface area contributed by atoms with Gasteiger partial charge in [0.15, 0.2) is 0 Å². The zero-order chi connectivity index (χ0) is 25.0. The zero-order valence-corrected chi connectivity index (χ0v) is 22.0. The fraction of sp³-hybridized carbons (Fsp3) is 0.885. The molecular formula is C26H47NO6S. The minimum Gasteiger partial charge on any atom is -0.481 e. The summed E-state index contributed by atoms with van der Waals surface area (Å²) in [5.74, 6) is -0.392. The molecule has 0 aromatic rings. The fourth-order valence-electron chi connectivity index (χ4n) is 4.37. The molecule has 198 valence electrons. The molecule has 0 radical (unpaired) electrons. The van der Waals surface area contributed by atoms with Gasteiger partial charge in [-0.15, -0.1) is 0 Å². The molecule has 0 saturated carbocycles. The number of carboxylic acid groups (broad SMARTS) is 2. The molecule has 2 N–H and O–H groups in total. The number of nitrogens with zero attached hydrogens (tertiary/aromatic N) is 1. The monoisotopic (exact) mass is 501 g/mol. The average Bonchev–Trinajstić information content (AvgIpc) is 2.78. The lowest BCUT2D eigenvalue weighted by molar-refractivity contribution is -0.150. The topological polar surface area (TPSA) is 104 Å². The van der Waals surface area contributed by atoms with E-state index in [0.717, 1.165) is 89.5 Å². The number of carboxylic acids is 2. The summed E-state index contributed by atoms with van der Waals surface area (Å²) in [7, 11) is 2.12. The van der Waals surface area contributed by atoms with Crippen LogP contribution in [0.3, 0.4) is 0 Å². The molecule has 34 heavy (non-hydrogen) atoms. The lowest BCUT2D eigenvalue weighted by Crippen LogP contribution is -2.44. The van der Waals surface area contributed by atoms with Crippen LogP contribution in [0.25, 0.3) is 0 Å². The first-order chi connectivity index (χ1) is 16.4. The van der Waals surface area contributed by atoms with Crippen molar-refractivity contribution in [2.45, 2.75) is 108 Å². The van der Waals surface area contributed by atoms with Gasteiger partial charge in [0.2, 0.25) is 0 Å². The van der Waals surface area contributed by atoms with Gasteiger partial charge in [-0.2, -0.15) is 11.8 Å². The van der Waals surface area contributed by atoms with Crippen LogP contribution >= 0.6 is 11.8 Å². The molecular weight excluding hydrogens is 454 g/mol. The maximum atomic E-state index is 12.7. The Labute approximate surface area is 210 Å². The molecule has 0 aromatic carbocycles. The van der Waals surface area contributed by atoms with Gasteiger partial charge in [-0.1, -0.05) is 57.8 Å². The Morgan fingerprint density at radius 2 is 1.29 bits per heavy atom. The smallest absolute Gasteiger partial charge is 0.310 e. The van der Waals surface area contributed by atoms with Gasteiger partial charge in [0.25, 0.3) is 0 Å². The van der Waals surface area contributed by atoms with Crippen LogP contribution in [0.2, 0.25) is 0 Å². The van der Waals surface area contributed by atoms with E-state index in [4.69, 9.17) is 14.9 Å². The van der Waals surface area contributed by atoms with E-state index in [0.29, 0.717) is 11.9 Å². The molecule has 1 aliphatic heterocycles. The van der Waals surface area contributed by atoms with Gasteiger partial charge in [0.1, 0.15) is 0 Å². The lowest BCUT2D eigenvalue weighted by Gasteiger charge is -2.35. The quantitative estimate of drug-likeness (QED) is 0.155. The lowest BCUT2D eigenvalue weighted by atomic mass is 9.97. The highest BCUT2D eigenvalue weighted by molar-refractivity contribution is 7.99. The molecule has 2 unspecified atom stereocenters. The Hall–Kier alpha value is -1.28. The summed E-state index contributed by atoms with van der Waals surface area (Å²) < 4.78 is 5.63. The van der Waals surface area contributed by atoms with Crippen molar-refractivity contribution < 1.29 is 29.3 Å². The predicted octanol–water partition coefficient (Wildman–Crippen LogP) is 5.60. The maximum Gasteiger partial charge on any atom is 0.310 e. The van der Waals surface area contributed by atoms with Crippen LogP contribution in [-0.4, -0.2) is 70.8 Å². The summed E-state index contributed by atoms with van der Waals surface area (Å²) in [5.41, 5.74) is 0. The first-order valence-corrected chi connectivity index (χ1v) is 14.4. The third kappa shape index (κ3) is 16.4. The number of hydrogen-bond acceptors (Lipinski definition) is 6. The van der Waals surface area contributed by atoms with Crippen molar-refractivity contribution in [1.29, 1.82) is 0 Å². The maximum absolute atomic E-state index is 12.7. The molecule has 1 heterocycles. The minimum atomic E-state index is -0.723. The summed E-state index contributed by atoms with van der Waals surface area (Å²) in [6.07, 6.45) is 14.7. The van der Waals surface area contributed by atoms with E-state index in [1.807, 2.05) is 11.8 Å². The summed E-state index contributed by atoms with van der Waals surface area (Å²) in [4.78, 5) is 36.0. The second-order valence-electron chi connectivity index (χ2n) is 9.62. The molecule has 1 fully saturated rings. The highest BCUT2D eigenvalue weighted by Crippen LogP contribution is 2.29. The Kier molecular flexibility index (Phi) is 18.1. The number of esters is 1. The van der Waals surface area contributed by atoms with E-state index in [1.54, 1.807) is 0 Å². The van der Waals surface area contributed by atoms with Crippen LogP contribution in [-0.2, 0) is 19.1 Å². The van der Waals surface area contributed by atoms with Crippen molar-refractivity contribution in [2.75, 3.05) is 32.5 Å². The molecule has 7 nitrogen and oxygen atoms in total. The van der Waals surface area contributed by atoms with Crippen molar-refractivity contribution in [3.8, 4) is 0 Å². The van der Waals surface area contributed by atoms with Gasteiger partial charge in [0.05, 0.1) is 12.5 Å². The number of rotatable bonds is 21. The summed E-state index contributed by atoms with van der Waals surface area (Å²) in [6, 6.07) is 0. The van der Waals surface area contributed by atoms with E-state index in [9.17, 15) is 14.4 Å². The Bertz CT molecular complexity index is 573. The number of hydrogen-bond donors (Lipinski definition) is 2. The van der Waals surface area contributed by atoms with E-state index in [-0.39, 0.29) is 24.7 Å². The number of carbonyl (C=O) groups excluding carboxylic acids is 1. The van der Waals surface area contributed by atoms with Gasteiger partial charge in [0, 0.05) is 24.6 Å². The van der Waals surface area contributed by atoms with Gasteiger partial charge < -0.3 is 19.8 Å². The number of ether oxygens (including phenoxy) is 1. The number of likely N-dealkylation sites (tertiary alicyclic amines) is 1. The Morgan fingerprint density at radius 3 is 1.85 bits per heavy atom. The molecule has 1 saturated heterocycles. The fourth-order valence-corrected chi connectivity index (χ4v) is 5.88. The number of carbonyl (C=O) groups is 3. The van der Waals surface area contributed by atoms with Crippen molar-refractivity contribution in [2.24, 2.45) is 5.92 Å². The van der Waals surface area contributed by atoms with Crippen molar-refractivity contribution in [3.63, 3.8) is 0 Å². The van der Waals surface area contributed by atoms with Gasteiger partial charge in [-0.05, 0) is 51.4 Å². The molecule has 0 amide bonds. The van der Waals surface area contributed by atoms with Crippen LogP contribution in [0, 0.1) is 5.92 Å². The molecule has 0 aromatic heterocycles. The van der Waals surface area contributed by atoms with Gasteiger partial charge >= 0.3 is 17.9 Å². The summed E-state index contributed by atoms with van der Waals surface area (Å²) in [6.45, 7) is 2.36.